The quantitative estimate of drug-likeness (QED) is 0.231. The van der Waals surface area contributed by atoms with E-state index in [4.69, 9.17) is 9.68 Å². The van der Waals surface area contributed by atoms with E-state index in [-0.39, 0.29) is 0 Å². The number of thioether (sulfide) groups is 1. The van der Waals surface area contributed by atoms with Crippen LogP contribution in [0.5, 0.6) is 0 Å². The molecule has 2 N–H and O–H groups in total. The average molecular weight is 392 g/mol. The molecule has 7 heteroatoms. The van der Waals surface area contributed by atoms with Crippen molar-refractivity contribution in [3.8, 4) is 6.19 Å². The Labute approximate surface area is 167 Å². The van der Waals surface area contributed by atoms with Crippen molar-refractivity contribution in [2.75, 3.05) is 26.4 Å². The number of hydrogen-bond donors (Lipinski definition) is 2. The third kappa shape index (κ3) is 9.21. The van der Waals surface area contributed by atoms with Crippen LogP contribution < -0.4 is 10.6 Å². The molecular formula is C20H33N5OS. The van der Waals surface area contributed by atoms with E-state index in [1.807, 2.05) is 32.4 Å². The second kappa shape index (κ2) is 12.7. The van der Waals surface area contributed by atoms with E-state index >= 15 is 0 Å². The van der Waals surface area contributed by atoms with Crippen LogP contribution in [0.1, 0.15) is 56.5 Å². The van der Waals surface area contributed by atoms with Gasteiger partial charge < -0.3 is 14.6 Å². The molecule has 1 aliphatic carbocycles. The predicted octanol–water partition coefficient (Wildman–Crippen LogP) is 3.70. The van der Waals surface area contributed by atoms with Crippen LogP contribution in [0, 0.1) is 11.5 Å². The Morgan fingerprint density at radius 2 is 1.93 bits per heavy atom. The normalized spacial score (nSPS) is 16.6. The van der Waals surface area contributed by atoms with E-state index in [1.165, 1.54) is 32.1 Å². The first-order chi connectivity index (χ1) is 13.2. The minimum Gasteiger partial charge on any atom is -0.464 e. The fourth-order valence-corrected chi connectivity index (χ4v) is 3.98. The van der Waals surface area contributed by atoms with Crippen LogP contribution in [0.25, 0.3) is 0 Å². The number of aliphatic imine (C=N–C) groups is 1. The molecule has 6 nitrogen and oxygen atoms in total. The SMILES string of the molecule is CN(C)Cc1ccc(CSCCN=C(NC#N)NC2CCCCCCC2)o1. The Balaban J connectivity index is 1.71. The molecule has 1 fully saturated rings. The summed E-state index contributed by atoms with van der Waals surface area (Å²) in [4.78, 5) is 6.65. The van der Waals surface area contributed by atoms with Gasteiger partial charge in [0, 0.05) is 11.8 Å². The lowest BCUT2D eigenvalue weighted by Gasteiger charge is -2.22. The summed E-state index contributed by atoms with van der Waals surface area (Å²) in [6.07, 6.45) is 10.8. The molecule has 0 bridgehead atoms. The first kappa shape index (κ1) is 21.6. The lowest BCUT2D eigenvalue weighted by atomic mass is 9.97. The number of hydrogen-bond acceptors (Lipinski definition) is 5. The molecule has 1 aromatic rings. The highest BCUT2D eigenvalue weighted by atomic mass is 32.2. The molecule has 1 aromatic heterocycles. The molecule has 0 amide bonds. The number of furan rings is 1. The van der Waals surface area contributed by atoms with Gasteiger partial charge in [0.15, 0.2) is 6.19 Å². The van der Waals surface area contributed by atoms with Gasteiger partial charge in [0.25, 0.3) is 0 Å². The van der Waals surface area contributed by atoms with Gasteiger partial charge in [-0.3, -0.25) is 10.3 Å². The summed E-state index contributed by atoms with van der Waals surface area (Å²) >= 11 is 1.80. The highest BCUT2D eigenvalue weighted by molar-refractivity contribution is 7.98. The van der Waals surface area contributed by atoms with Crippen molar-refractivity contribution < 1.29 is 4.42 Å². The van der Waals surface area contributed by atoms with E-state index in [1.54, 1.807) is 11.8 Å². The molecule has 150 valence electrons. The van der Waals surface area contributed by atoms with Gasteiger partial charge in [-0.2, -0.15) is 17.0 Å². The van der Waals surface area contributed by atoms with Gasteiger partial charge >= 0.3 is 0 Å². The highest BCUT2D eigenvalue weighted by Crippen LogP contribution is 2.17. The molecule has 0 unspecified atom stereocenters. The summed E-state index contributed by atoms with van der Waals surface area (Å²) < 4.78 is 5.82. The fraction of sp³-hybridized carbons (Fsp3) is 0.700. The summed E-state index contributed by atoms with van der Waals surface area (Å²) in [6, 6.07) is 4.52. The Morgan fingerprint density at radius 1 is 1.22 bits per heavy atom. The van der Waals surface area contributed by atoms with Gasteiger partial charge in [0.1, 0.15) is 11.5 Å². The lowest BCUT2D eigenvalue weighted by molar-refractivity contribution is 0.344. The van der Waals surface area contributed by atoms with Gasteiger partial charge in [-0.25, -0.2) is 0 Å². The van der Waals surface area contributed by atoms with Crippen LogP contribution in [0.2, 0.25) is 0 Å². The molecule has 1 aliphatic rings. The van der Waals surface area contributed by atoms with Crippen LogP contribution in [-0.2, 0) is 12.3 Å². The zero-order valence-corrected chi connectivity index (χ0v) is 17.5. The predicted molar refractivity (Wildman–Crippen MR) is 113 cm³/mol. The second-order valence-corrected chi connectivity index (χ2v) is 8.42. The van der Waals surface area contributed by atoms with E-state index < -0.39 is 0 Å². The minimum absolute atomic E-state index is 0.427. The molecule has 0 radical (unpaired) electrons. The zero-order chi connectivity index (χ0) is 19.3. The van der Waals surface area contributed by atoms with Crippen LogP contribution in [0.3, 0.4) is 0 Å². The summed E-state index contributed by atoms with van der Waals surface area (Å²) in [5, 5.41) is 15.1. The second-order valence-electron chi connectivity index (χ2n) is 7.31. The van der Waals surface area contributed by atoms with Crippen molar-refractivity contribution in [3.05, 3.63) is 23.7 Å². The molecule has 2 rings (SSSR count). The van der Waals surface area contributed by atoms with Crippen molar-refractivity contribution in [1.82, 2.24) is 15.5 Å². The van der Waals surface area contributed by atoms with Crippen LogP contribution in [0.4, 0.5) is 0 Å². The molecule has 1 heterocycles. The monoisotopic (exact) mass is 391 g/mol. The zero-order valence-electron chi connectivity index (χ0n) is 16.7. The molecule has 0 spiro atoms. The van der Waals surface area contributed by atoms with Crippen LogP contribution in [0.15, 0.2) is 21.5 Å². The van der Waals surface area contributed by atoms with E-state index in [0.29, 0.717) is 18.5 Å². The standard InChI is InChI=1S/C20H33N5OS/c1-25(2)14-18-10-11-19(26-18)15-27-13-12-22-20(23-16-21)24-17-8-6-4-3-5-7-9-17/h10-11,17H,3-9,12-15H2,1-2H3,(H2,22,23,24). The summed E-state index contributed by atoms with van der Waals surface area (Å²) in [7, 11) is 4.07. The number of nitrogens with one attached hydrogen (secondary N) is 2. The van der Waals surface area contributed by atoms with Gasteiger partial charge in [0.05, 0.1) is 18.8 Å². The van der Waals surface area contributed by atoms with Gasteiger partial charge in [0.2, 0.25) is 5.96 Å². The number of guanidine groups is 1. The Bertz CT molecular complexity index is 600. The number of nitriles is 1. The molecule has 0 aromatic carbocycles. The maximum Gasteiger partial charge on any atom is 0.204 e. The molecule has 27 heavy (non-hydrogen) atoms. The maximum atomic E-state index is 8.98. The number of nitrogens with zero attached hydrogens (tertiary/aromatic N) is 3. The van der Waals surface area contributed by atoms with Crippen LogP contribution in [-0.4, -0.2) is 43.3 Å². The third-order valence-electron chi connectivity index (χ3n) is 4.56. The van der Waals surface area contributed by atoms with Crippen molar-refractivity contribution in [2.45, 2.75) is 63.3 Å². The third-order valence-corrected chi connectivity index (χ3v) is 5.52. The van der Waals surface area contributed by atoms with E-state index in [9.17, 15) is 0 Å². The lowest BCUT2D eigenvalue weighted by Crippen LogP contribution is -2.42. The molecule has 0 saturated heterocycles. The summed E-state index contributed by atoms with van der Waals surface area (Å²) in [5.41, 5.74) is 0. The Morgan fingerprint density at radius 3 is 2.63 bits per heavy atom. The minimum atomic E-state index is 0.427. The average Bonchev–Trinajstić information content (AvgIpc) is 3.03. The Hall–Kier alpha value is -1.65. The fourth-order valence-electron chi connectivity index (χ4n) is 3.26. The first-order valence-corrected chi connectivity index (χ1v) is 11.1. The molecular weight excluding hydrogens is 358 g/mol. The molecule has 0 atom stereocenters. The maximum absolute atomic E-state index is 8.98. The summed E-state index contributed by atoms with van der Waals surface area (Å²) in [5.74, 6) is 4.36. The number of rotatable bonds is 8. The van der Waals surface area contributed by atoms with Crippen molar-refractivity contribution in [2.24, 2.45) is 4.99 Å². The highest BCUT2D eigenvalue weighted by Gasteiger charge is 2.12. The van der Waals surface area contributed by atoms with Crippen LogP contribution >= 0.6 is 11.8 Å². The summed E-state index contributed by atoms with van der Waals surface area (Å²) in [6.45, 7) is 1.50. The van der Waals surface area contributed by atoms with Gasteiger partial charge in [-0.1, -0.05) is 32.1 Å². The molecule has 0 aliphatic heterocycles. The van der Waals surface area contributed by atoms with E-state index in [2.05, 4.69) is 20.5 Å². The molecule has 1 saturated carbocycles. The first-order valence-electron chi connectivity index (χ1n) is 9.93. The van der Waals surface area contributed by atoms with Gasteiger partial charge in [-0.15, -0.1) is 0 Å². The smallest absolute Gasteiger partial charge is 0.204 e. The van der Waals surface area contributed by atoms with E-state index in [0.717, 1.165) is 42.4 Å². The van der Waals surface area contributed by atoms with Crippen molar-refractivity contribution in [1.29, 1.82) is 5.26 Å². The van der Waals surface area contributed by atoms with Crippen molar-refractivity contribution >= 4 is 17.7 Å². The largest absolute Gasteiger partial charge is 0.464 e. The van der Waals surface area contributed by atoms with Crippen molar-refractivity contribution in [3.63, 3.8) is 0 Å². The van der Waals surface area contributed by atoms with Gasteiger partial charge in [-0.05, 0) is 39.1 Å². The topological polar surface area (TPSA) is 76.6 Å². The Kier molecular flexibility index (Phi) is 10.2.